The number of amides is 1. The van der Waals surface area contributed by atoms with Crippen molar-refractivity contribution in [1.82, 2.24) is 10.3 Å². The largest absolute Gasteiger partial charge is 0.481 e. The summed E-state index contributed by atoms with van der Waals surface area (Å²) in [6, 6.07) is 0. The van der Waals surface area contributed by atoms with Crippen LogP contribution in [0.25, 0.3) is 0 Å². The Labute approximate surface area is 131 Å². The Morgan fingerprint density at radius 3 is 3.05 bits per heavy atom. The number of aliphatic carboxylic acids is 1. The predicted octanol–water partition coefficient (Wildman–Crippen LogP) is 1.47. The van der Waals surface area contributed by atoms with Crippen LogP contribution in [-0.2, 0) is 20.7 Å². The van der Waals surface area contributed by atoms with Crippen LogP contribution in [0.4, 0.5) is 0 Å². The molecular formula is C13H18N2O4S2. The monoisotopic (exact) mass is 330 g/mol. The Kier molecular flexibility index (Phi) is 6.01. The van der Waals surface area contributed by atoms with Gasteiger partial charge in [-0.1, -0.05) is 11.8 Å². The van der Waals surface area contributed by atoms with Crippen LogP contribution in [-0.4, -0.2) is 47.0 Å². The Morgan fingerprint density at radius 1 is 1.57 bits per heavy atom. The van der Waals surface area contributed by atoms with E-state index in [0.717, 1.165) is 34.4 Å². The predicted molar refractivity (Wildman–Crippen MR) is 80.9 cm³/mol. The van der Waals surface area contributed by atoms with E-state index in [-0.39, 0.29) is 24.2 Å². The number of hydrogen-bond acceptors (Lipinski definition) is 6. The summed E-state index contributed by atoms with van der Waals surface area (Å²) in [7, 11) is 0. The second-order valence-electron chi connectivity index (χ2n) is 4.79. The Bertz CT molecular complexity index is 512. The van der Waals surface area contributed by atoms with Crippen molar-refractivity contribution >= 4 is 35.0 Å². The third kappa shape index (κ3) is 5.29. The van der Waals surface area contributed by atoms with Crippen LogP contribution in [0, 0.1) is 6.92 Å². The van der Waals surface area contributed by atoms with Crippen LogP contribution in [0.5, 0.6) is 0 Å². The third-order valence-corrected chi connectivity index (χ3v) is 5.36. The minimum atomic E-state index is -0.868. The molecule has 0 spiro atoms. The summed E-state index contributed by atoms with van der Waals surface area (Å²) < 4.78 is 6.17. The summed E-state index contributed by atoms with van der Waals surface area (Å²) >= 11 is 2.67. The Balaban J connectivity index is 1.74. The molecular weight excluding hydrogens is 312 g/mol. The molecule has 0 saturated carbocycles. The number of ether oxygens (including phenoxy) is 1. The standard InChI is InChI=1S/C13H18N2O4S2/c1-8-10(5-12(17)18)21-13(15-8)20-7-11(16)14-6-9-3-2-4-19-9/h9H,2-7H2,1H3,(H,14,16)(H,17,18). The zero-order valence-corrected chi connectivity index (χ0v) is 13.4. The van der Waals surface area contributed by atoms with Crippen molar-refractivity contribution in [1.29, 1.82) is 0 Å². The van der Waals surface area contributed by atoms with Gasteiger partial charge in [0.05, 0.1) is 24.0 Å². The van der Waals surface area contributed by atoms with Gasteiger partial charge in [-0.05, 0) is 19.8 Å². The quantitative estimate of drug-likeness (QED) is 0.736. The van der Waals surface area contributed by atoms with Gasteiger partial charge in [-0.3, -0.25) is 9.59 Å². The van der Waals surface area contributed by atoms with Crippen molar-refractivity contribution < 1.29 is 19.4 Å². The van der Waals surface area contributed by atoms with Gasteiger partial charge in [-0.25, -0.2) is 4.98 Å². The highest BCUT2D eigenvalue weighted by molar-refractivity contribution is 8.01. The van der Waals surface area contributed by atoms with Gasteiger partial charge in [0.15, 0.2) is 4.34 Å². The molecule has 1 atom stereocenters. The first kappa shape index (κ1) is 16.3. The maximum atomic E-state index is 11.7. The van der Waals surface area contributed by atoms with Crippen molar-refractivity contribution in [3.63, 3.8) is 0 Å². The zero-order valence-electron chi connectivity index (χ0n) is 11.8. The highest BCUT2D eigenvalue weighted by Gasteiger charge is 2.17. The number of carboxylic acids is 1. The van der Waals surface area contributed by atoms with Crippen molar-refractivity contribution in [2.75, 3.05) is 18.9 Å². The molecule has 1 aromatic heterocycles. The van der Waals surface area contributed by atoms with Gasteiger partial charge in [-0.2, -0.15) is 0 Å². The maximum absolute atomic E-state index is 11.7. The van der Waals surface area contributed by atoms with Gasteiger partial charge in [0.25, 0.3) is 0 Å². The Hall–Kier alpha value is -1.12. The molecule has 116 valence electrons. The highest BCUT2D eigenvalue weighted by atomic mass is 32.2. The van der Waals surface area contributed by atoms with Gasteiger partial charge in [0.1, 0.15) is 0 Å². The zero-order chi connectivity index (χ0) is 15.2. The molecule has 0 aromatic carbocycles. The number of carbonyl (C=O) groups excluding carboxylic acids is 1. The van der Waals surface area contributed by atoms with E-state index < -0.39 is 5.97 Å². The average molecular weight is 330 g/mol. The number of carbonyl (C=O) groups is 2. The number of nitrogens with zero attached hydrogens (tertiary/aromatic N) is 1. The first-order valence-electron chi connectivity index (χ1n) is 6.74. The number of aryl methyl sites for hydroxylation is 1. The molecule has 1 aliphatic heterocycles. The molecule has 6 nitrogen and oxygen atoms in total. The molecule has 2 heterocycles. The minimum absolute atomic E-state index is 0.0186. The molecule has 8 heteroatoms. The molecule has 0 radical (unpaired) electrons. The van der Waals surface area contributed by atoms with E-state index in [1.54, 1.807) is 6.92 Å². The van der Waals surface area contributed by atoms with E-state index in [1.807, 2.05) is 0 Å². The number of nitrogens with one attached hydrogen (secondary N) is 1. The first-order valence-corrected chi connectivity index (χ1v) is 8.54. The highest BCUT2D eigenvalue weighted by Crippen LogP contribution is 2.27. The molecule has 21 heavy (non-hydrogen) atoms. The van der Waals surface area contributed by atoms with Crippen LogP contribution >= 0.6 is 23.1 Å². The normalized spacial score (nSPS) is 17.9. The molecule has 1 saturated heterocycles. The molecule has 2 N–H and O–H groups in total. The van der Waals surface area contributed by atoms with Crippen LogP contribution < -0.4 is 5.32 Å². The molecule has 1 amide bonds. The van der Waals surface area contributed by atoms with Gasteiger partial charge in [-0.15, -0.1) is 11.3 Å². The van der Waals surface area contributed by atoms with Gasteiger partial charge in [0, 0.05) is 18.0 Å². The van der Waals surface area contributed by atoms with E-state index in [9.17, 15) is 9.59 Å². The third-order valence-electron chi connectivity index (χ3n) is 3.06. The van der Waals surface area contributed by atoms with E-state index in [2.05, 4.69) is 10.3 Å². The summed E-state index contributed by atoms with van der Waals surface area (Å²) in [6.45, 7) is 3.12. The van der Waals surface area contributed by atoms with Gasteiger partial charge in [0.2, 0.25) is 5.91 Å². The van der Waals surface area contributed by atoms with Gasteiger partial charge < -0.3 is 15.2 Å². The lowest BCUT2D eigenvalue weighted by Gasteiger charge is -2.09. The van der Waals surface area contributed by atoms with Crippen molar-refractivity contribution in [3.8, 4) is 0 Å². The molecule has 0 aliphatic carbocycles. The maximum Gasteiger partial charge on any atom is 0.308 e. The van der Waals surface area contributed by atoms with Crippen LogP contribution in [0.3, 0.4) is 0 Å². The SMILES string of the molecule is Cc1nc(SCC(=O)NCC2CCCO2)sc1CC(=O)O. The van der Waals surface area contributed by atoms with E-state index in [4.69, 9.17) is 9.84 Å². The molecule has 2 rings (SSSR count). The lowest BCUT2D eigenvalue weighted by atomic mass is 10.2. The molecule has 1 aromatic rings. The van der Waals surface area contributed by atoms with Crippen LogP contribution in [0.15, 0.2) is 4.34 Å². The van der Waals surface area contributed by atoms with Crippen molar-refractivity contribution in [2.24, 2.45) is 0 Å². The summed E-state index contributed by atoms with van der Waals surface area (Å²) in [6.07, 6.45) is 2.18. The molecule has 1 fully saturated rings. The fourth-order valence-electron chi connectivity index (χ4n) is 1.98. The minimum Gasteiger partial charge on any atom is -0.481 e. The summed E-state index contributed by atoms with van der Waals surface area (Å²) in [5.74, 6) is -0.637. The fraction of sp³-hybridized carbons (Fsp3) is 0.615. The summed E-state index contributed by atoms with van der Waals surface area (Å²) in [5.41, 5.74) is 0.727. The lowest BCUT2D eigenvalue weighted by Crippen LogP contribution is -2.32. The first-order chi connectivity index (χ1) is 10.0. The second kappa shape index (κ2) is 7.77. The summed E-state index contributed by atoms with van der Waals surface area (Å²) in [4.78, 5) is 27.5. The number of hydrogen-bond donors (Lipinski definition) is 2. The summed E-state index contributed by atoms with van der Waals surface area (Å²) in [5, 5.41) is 11.6. The number of rotatable bonds is 7. The van der Waals surface area contributed by atoms with Crippen molar-refractivity contribution in [3.05, 3.63) is 10.6 Å². The molecule has 1 aliphatic rings. The molecule has 1 unspecified atom stereocenters. The Morgan fingerprint density at radius 2 is 2.38 bits per heavy atom. The molecule has 0 bridgehead atoms. The van der Waals surface area contributed by atoms with Crippen LogP contribution in [0.1, 0.15) is 23.4 Å². The topological polar surface area (TPSA) is 88.5 Å². The van der Waals surface area contributed by atoms with Crippen LogP contribution in [0.2, 0.25) is 0 Å². The van der Waals surface area contributed by atoms with E-state index in [0.29, 0.717) is 6.54 Å². The van der Waals surface area contributed by atoms with Gasteiger partial charge >= 0.3 is 5.97 Å². The second-order valence-corrected chi connectivity index (χ2v) is 7.09. The van der Waals surface area contributed by atoms with E-state index in [1.165, 1.54) is 23.1 Å². The smallest absolute Gasteiger partial charge is 0.308 e. The number of thiazole rings is 1. The number of carboxylic acid groups (broad SMARTS) is 1. The number of thioether (sulfide) groups is 1. The van der Waals surface area contributed by atoms with E-state index >= 15 is 0 Å². The fourth-order valence-corrected chi connectivity index (χ4v) is 4.03. The number of aromatic nitrogens is 1. The average Bonchev–Trinajstić information content (AvgIpc) is 3.04. The van der Waals surface area contributed by atoms with Crippen molar-refractivity contribution in [2.45, 2.75) is 36.6 Å². The lowest BCUT2D eigenvalue weighted by molar-refractivity contribution is -0.136.